The number of hydrogen-bond donors (Lipinski definition) is 0. The quantitative estimate of drug-likeness (QED) is 0.763. The van der Waals surface area contributed by atoms with Gasteiger partial charge in [0.15, 0.2) is 0 Å². The van der Waals surface area contributed by atoms with Crippen molar-refractivity contribution in [2.45, 2.75) is 32.6 Å². The van der Waals surface area contributed by atoms with Crippen molar-refractivity contribution in [2.24, 2.45) is 0 Å². The number of aryl methyl sites for hydroxylation is 2. The molecule has 2 rings (SSSR count). The molecule has 0 atom stereocenters. The molecule has 0 radical (unpaired) electrons. The second kappa shape index (κ2) is 6.37. The lowest BCUT2D eigenvalue weighted by atomic mass is 10.1. The van der Waals surface area contributed by atoms with E-state index in [-0.39, 0.29) is 5.91 Å². The van der Waals surface area contributed by atoms with Gasteiger partial charge >= 0.3 is 0 Å². The van der Waals surface area contributed by atoms with E-state index < -0.39 is 0 Å². The van der Waals surface area contributed by atoms with E-state index in [1.54, 1.807) is 0 Å². The largest absolute Gasteiger partial charge is 0.338 e. The van der Waals surface area contributed by atoms with Gasteiger partial charge in [-0.2, -0.15) is 0 Å². The van der Waals surface area contributed by atoms with Crippen LogP contribution in [-0.4, -0.2) is 29.2 Å². The summed E-state index contributed by atoms with van der Waals surface area (Å²) in [6.45, 7) is 3.72. The Bertz CT molecular complexity index is 425. The number of hydrogen-bond acceptors (Lipinski definition) is 1. The molecule has 1 aliphatic rings. The van der Waals surface area contributed by atoms with Crippen molar-refractivity contribution in [3.05, 3.63) is 34.9 Å². The molecule has 1 aromatic rings. The van der Waals surface area contributed by atoms with Crippen LogP contribution < -0.4 is 0 Å². The zero-order valence-electron chi connectivity index (χ0n) is 10.9. The van der Waals surface area contributed by atoms with Gasteiger partial charge in [0.25, 0.3) is 5.91 Å². The summed E-state index contributed by atoms with van der Waals surface area (Å²) in [4.78, 5) is 14.4. The third kappa shape index (κ3) is 2.94. The maximum absolute atomic E-state index is 12.4. The fourth-order valence-electron chi connectivity index (χ4n) is 2.57. The molecule has 18 heavy (non-hydrogen) atoms. The van der Waals surface area contributed by atoms with Crippen LogP contribution in [0.25, 0.3) is 0 Å². The van der Waals surface area contributed by atoms with Crippen molar-refractivity contribution in [3.63, 3.8) is 0 Å². The number of nitrogens with zero attached hydrogens (tertiary/aromatic N) is 1. The average molecular weight is 310 g/mol. The highest BCUT2D eigenvalue weighted by molar-refractivity contribution is 9.09. The highest BCUT2D eigenvalue weighted by Gasteiger charge is 2.17. The molecule has 0 aromatic heterocycles. The van der Waals surface area contributed by atoms with E-state index >= 15 is 0 Å². The van der Waals surface area contributed by atoms with E-state index in [1.807, 2.05) is 11.0 Å². The van der Waals surface area contributed by atoms with Gasteiger partial charge in [-0.15, -0.1) is 0 Å². The molecule has 98 valence electrons. The van der Waals surface area contributed by atoms with E-state index in [4.69, 9.17) is 0 Å². The van der Waals surface area contributed by atoms with E-state index in [1.165, 1.54) is 24.0 Å². The minimum absolute atomic E-state index is 0.172. The Hall–Kier alpha value is -0.830. The molecule has 0 spiro atoms. The fraction of sp³-hybridized carbons (Fsp3) is 0.533. The first-order valence-electron chi connectivity index (χ1n) is 6.73. The van der Waals surface area contributed by atoms with Gasteiger partial charge in [0.05, 0.1) is 0 Å². The summed E-state index contributed by atoms with van der Waals surface area (Å²) < 4.78 is 0. The first kappa shape index (κ1) is 13.6. The van der Waals surface area contributed by atoms with Crippen LogP contribution in [-0.2, 0) is 12.8 Å². The minimum Gasteiger partial charge on any atom is -0.338 e. The van der Waals surface area contributed by atoms with Crippen LogP contribution in [0.4, 0.5) is 0 Å². The Balaban J connectivity index is 2.16. The van der Waals surface area contributed by atoms with Crippen molar-refractivity contribution >= 4 is 21.8 Å². The van der Waals surface area contributed by atoms with E-state index in [2.05, 4.69) is 35.0 Å². The maximum Gasteiger partial charge on any atom is 0.253 e. The third-order valence-corrected chi connectivity index (χ3v) is 3.84. The summed E-state index contributed by atoms with van der Waals surface area (Å²) in [6.07, 6.45) is 4.53. The van der Waals surface area contributed by atoms with Crippen LogP contribution in [0.5, 0.6) is 0 Å². The number of fused-ring (bicyclic) bond motifs is 1. The predicted octanol–water partition coefficient (Wildman–Crippen LogP) is 3.42. The summed E-state index contributed by atoms with van der Waals surface area (Å²) in [7, 11) is 0. The maximum atomic E-state index is 12.4. The first-order chi connectivity index (χ1) is 8.76. The molecule has 0 heterocycles. The number of halogens is 1. The molecule has 0 unspecified atom stereocenters. The van der Waals surface area contributed by atoms with Crippen LogP contribution in [0, 0.1) is 0 Å². The molecule has 0 saturated heterocycles. The van der Waals surface area contributed by atoms with Gasteiger partial charge in [-0.1, -0.05) is 28.9 Å². The number of alkyl halides is 1. The Morgan fingerprint density at radius 1 is 1.28 bits per heavy atom. The average Bonchev–Trinajstić information content (AvgIpc) is 2.84. The van der Waals surface area contributed by atoms with Crippen molar-refractivity contribution in [1.82, 2.24) is 4.90 Å². The summed E-state index contributed by atoms with van der Waals surface area (Å²) in [5.74, 6) is 0.172. The Morgan fingerprint density at radius 2 is 2.06 bits per heavy atom. The number of amides is 1. The molecule has 0 fully saturated rings. The van der Waals surface area contributed by atoms with Crippen LogP contribution in [0.15, 0.2) is 18.2 Å². The van der Waals surface area contributed by atoms with Crippen LogP contribution >= 0.6 is 15.9 Å². The molecule has 0 saturated carbocycles. The zero-order chi connectivity index (χ0) is 13.0. The molecule has 0 N–H and O–H groups in total. The molecule has 1 aliphatic carbocycles. The van der Waals surface area contributed by atoms with E-state index in [0.29, 0.717) is 0 Å². The van der Waals surface area contributed by atoms with Gasteiger partial charge in [0, 0.05) is 24.0 Å². The summed E-state index contributed by atoms with van der Waals surface area (Å²) in [5.41, 5.74) is 3.65. The highest BCUT2D eigenvalue weighted by Crippen LogP contribution is 2.23. The fourth-order valence-corrected chi connectivity index (χ4v) is 3.00. The molecule has 1 amide bonds. The lowest BCUT2D eigenvalue weighted by molar-refractivity contribution is 0.0766. The van der Waals surface area contributed by atoms with Gasteiger partial charge in [-0.3, -0.25) is 4.79 Å². The summed E-state index contributed by atoms with van der Waals surface area (Å²) in [5, 5.41) is 0.837. The highest BCUT2D eigenvalue weighted by atomic mass is 79.9. The lowest BCUT2D eigenvalue weighted by Gasteiger charge is -2.21. The topological polar surface area (TPSA) is 20.3 Å². The third-order valence-electron chi connectivity index (χ3n) is 3.48. The SMILES string of the molecule is CCCN(CCBr)C(=O)c1ccc2c(c1)CCC2. The monoisotopic (exact) mass is 309 g/mol. The number of benzene rings is 1. The molecule has 2 nitrogen and oxygen atoms in total. The molecular weight excluding hydrogens is 290 g/mol. The van der Waals surface area contributed by atoms with Crippen molar-refractivity contribution in [1.29, 1.82) is 0 Å². The van der Waals surface area contributed by atoms with Crippen molar-refractivity contribution in [3.8, 4) is 0 Å². The predicted molar refractivity (Wildman–Crippen MR) is 78.5 cm³/mol. The minimum atomic E-state index is 0.172. The Labute approximate surface area is 117 Å². The first-order valence-corrected chi connectivity index (χ1v) is 7.85. The van der Waals surface area contributed by atoms with Gasteiger partial charge in [0.1, 0.15) is 0 Å². The van der Waals surface area contributed by atoms with Crippen LogP contribution in [0.3, 0.4) is 0 Å². The molecular formula is C15H20BrNO. The smallest absolute Gasteiger partial charge is 0.253 e. The molecule has 3 heteroatoms. The van der Waals surface area contributed by atoms with Gasteiger partial charge < -0.3 is 4.90 Å². The number of rotatable bonds is 5. The van der Waals surface area contributed by atoms with Crippen LogP contribution in [0.1, 0.15) is 41.3 Å². The Kier molecular flexibility index (Phi) is 4.81. The number of carbonyl (C=O) groups excluding carboxylic acids is 1. The van der Waals surface area contributed by atoms with Gasteiger partial charge in [-0.25, -0.2) is 0 Å². The van der Waals surface area contributed by atoms with E-state index in [0.717, 1.165) is 36.8 Å². The van der Waals surface area contributed by atoms with E-state index in [9.17, 15) is 4.79 Å². The molecule has 0 aliphatic heterocycles. The van der Waals surface area contributed by atoms with Gasteiger partial charge in [-0.05, 0) is 48.9 Å². The molecule has 1 aromatic carbocycles. The second-order valence-corrected chi connectivity index (χ2v) is 5.61. The molecule has 0 bridgehead atoms. The van der Waals surface area contributed by atoms with Crippen molar-refractivity contribution < 1.29 is 4.79 Å². The second-order valence-electron chi connectivity index (χ2n) is 4.82. The van der Waals surface area contributed by atoms with Gasteiger partial charge in [0.2, 0.25) is 0 Å². The Morgan fingerprint density at radius 3 is 2.78 bits per heavy atom. The van der Waals surface area contributed by atoms with Crippen LogP contribution in [0.2, 0.25) is 0 Å². The summed E-state index contributed by atoms with van der Waals surface area (Å²) in [6, 6.07) is 6.22. The zero-order valence-corrected chi connectivity index (χ0v) is 12.5. The standard InChI is InChI=1S/C15H20BrNO/c1-2-9-17(10-8-16)15(18)14-7-6-12-4-3-5-13(12)11-14/h6-7,11H,2-5,8-10H2,1H3. The summed E-state index contributed by atoms with van der Waals surface area (Å²) >= 11 is 3.42. The van der Waals surface area contributed by atoms with Crippen molar-refractivity contribution in [2.75, 3.05) is 18.4 Å². The number of carbonyl (C=O) groups is 1. The lowest BCUT2D eigenvalue weighted by Crippen LogP contribution is -2.33. The normalized spacial score (nSPS) is 13.4.